The number of amides is 2. The van der Waals surface area contributed by atoms with E-state index < -0.39 is 11.8 Å². The Kier molecular flexibility index (Phi) is 5.56. The second kappa shape index (κ2) is 7.83. The number of nitrogens with one attached hydrogen (secondary N) is 2. The number of hydrogen-bond donors (Lipinski definition) is 2. The first-order valence-corrected chi connectivity index (χ1v) is 9.09. The van der Waals surface area contributed by atoms with Crippen molar-refractivity contribution in [1.29, 1.82) is 0 Å². The van der Waals surface area contributed by atoms with Gasteiger partial charge >= 0.3 is 11.8 Å². The molecule has 1 saturated carbocycles. The van der Waals surface area contributed by atoms with Gasteiger partial charge in [-0.3, -0.25) is 14.5 Å². The molecule has 0 aromatic carbocycles. The van der Waals surface area contributed by atoms with Crippen molar-refractivity contribution in [3.8, 4) is 0 Å². The van der Waals surface area contributed by atoms with Crippen LogP contribution in [0.5, 0.6) is 0 Å². The zero-order chi connectivity index (χ0) is 16.9. The molecule has 1 aliphatic carbocycles. The van der Waals surface area contributed by atoms with Gasteiger partial charge in [0.1, 0.15) is 0 Å². The van der Waals surface area contributed by atoms with E-state index in [4.69, 9.17) is 0 Å². The van der Waals surface area contributed by atoms with Crippen molar-refractivity contribution >= 4 is 11.8 Å². The summed E-state index contributed by atoms with van der Waals surface area (Å²) in [5.74, 6) is -1.01. The van der Waals surface area contributed by atoms with Crippen LogP contribution in [0.25, 0.3) is 0 Å². The van der Waals surface area contributed by atoms with Crippen LogP contribution in [0.3, 0.4) is 0 Å². The maximum atomic E-state index is 12.2. The van der Waals surface area contributed by atoms with Crippen molar-refractivity contribution < 1.29 is 9.59 Å². The van der Waals surface area contributed by atoms with Gasteiger partial charge in [-0.1, -0.05) is 12.8 Å². The molecule has 2 N–H and O–H groups in total. The summed E-state index contributed by atoms with van der Waals surface area (Å²) in [6.45, 7) is 2.55. The molecule has 1 atom stereocenters. The Balaban J connectivity index is 1.57. The molecule has 2 amide bonds. The molecule has 1 aromatic heterocycles. The molecule has 0 unspecified atom stereocenters. The molecule has 6 heteroatoms. The standard InChI is InChI=1S/C18H28N4O2/c1-21-10-6-9-15(21)16(22-11-4-5-12-22)13-19-17(23)18(24)20-14-7-2-3-8-14/h6,9-10,14,16H,2-5,7-8,11-13H2,1H3,(H,19,23)(H,20,24)/t16-/m0/s1. The third kappa shape index (κ3) is 3.98. The Morgan fingerprint density at radius 2 is 1.88 bits per heavy atom. The van der Waals surface area contributed by atoms with E-state index in [2.05, 4.69) is 26.2 Å². The van der Waals surface area contributed by atoms with E-state index in [0.717, 1.165) is 38.8 Å². The van der Waals surface area contributed by atoms with Gasteiger partial charge in [0.2, 0.25) is 0 Å². The number of carbonyl (C=O) groups excluding carboxylic acids is 2. The Labute approximate surface area is 143 Å². The van der Waals surface area contributed by atoms with Gasteiger partial charge in [0.05, 0.1) is 6.04 Å². The average Bonchev–Trinajstić information content (AvgIpc) is 3.31. The van der Waals surface area contributed by atoms with Crippen molar-refractivity contribution in [1.82, 2.24) is 20.1 Å². The third-order valence-corrected chi connectivity index (χ3v) is 5.26. The van der Waals surface area contributed by atoms with Crippen molar-refractivity contribution in [2.75, 3.05) is 19.6 Å². The molecule has 0 radical (unpaired) electrons. The van der Waals surface area contributed by atoms with Gasteiger partial charge in [-0.25, -0.2) is 0 Å². The van der Waals surface area contributed by atoms with Crippen molar-refractivity contribution in [3.05, 3.63) is 24.0 Å². The van der Waals surface area contributed by atoms with Gasteiger partial charge in [0.25, 0.3) is 0 Å². The van der Waals surface area contributed by atoms with Crippen LogP contribution in [0.1, 0.15) is 50.3 Å². The molecule has 2 fully saturated rings. The predicted octanol–water partition coefficient (Wildman–Crippen LogP) is 1.34. The zero-order valence-corrected chi connectivity index (χ0v) is 14.5. The molecule has 2 aliphatic rings. The highest BCUT2D eigenvalue weighted by molar-refractivity contribution is 6.35. The number of likely N-dealkylation sites (tertiary alicyclic amines) is 1. The van der Waals surface area contributed by atoms with E-state index in [1.807, 2.05) is 19.3 Å². The smallest absolute Gasteiger partial charge is 0.309 e. The van der Waals surface area contributed by atoms with Crippen LogP contribution in [0.4, 0.5) is 0 Å². The maximum absolute atomic E-state index is 12.2. The minimum atomic E-state index is -0.514. The van der Waals surface area contributed by atoms with Crippen molar-refractivity contribution in [2.45, 2.75) is 50.6 Å². The monoisotopic (exact) mass is 332 g/mol. The lowest BCUT2D eigenvalue weighted by molar-refractivity contribution is -0.139. The molecule has 1 aliphatic heterocycles. The maximum Gasteiger partial charge on any atom is 0.309 e. The fraction of sp³-hybridized carbons (Fsp3) is 0.667. The minimum absolute atomic E-state index is 0.121. The molecule has 0 bridgehead atoms. The molecular weight excluding hydrogens is 304 g/mol. The van der Waals surface area contributed by atoms with E-state index in [9.17, 15) is 9.59 Å². The fourth-order valence-corrected chi connectivity index (χ4v) is 3.89. The van der Waals surface area contributed by atoms with Crippen LogP contribution in [0, 0.1) is 0 Å². The van der Waals surface area contributed by atoms with E-state index in [0.29, 0.717) is 6.54 Å². The van der Waals surface area contributed by atoms with Gasteiger partial charge in [0, 0.05) is 31.5 Å². The number of carbonyl (C=O) groups is 2. The minimum Gasteiger partial charge on any atom is -0.353 e. The van der Waals surface area contributed by atoms with E-state index >= 15 is 0 Å². The highest BCUT2D eigenvalue weighted by Gasteiger charge is 2.27. The molecule has 0 spiro atoms. The SMILES string of the molecule is Cn1cccc1[C@H](CNC(=O)C(=O)NC1CCCC1)N1CCCC1. The van der Waals surface area contributed by atoms with Gasteiger partial charge in [-0.2, -0.15) is 0 Å². The van der Waals surface area contributed by atoms with Crippen molar-refractivity contribution in [2.24, 2.45) is 7.05 Å². The molecule has 132 valence electrons. The number of hydrogen-bond acceptors (Lipinski definition) is 3. The summed E-state index contributed by atoms with van der Waals surface area (Å²) in [6, 6.07) is 4.40. The normalized spacial score (nSPS) is 20.2. The molecule has 1 aromatic rings. The van der Waals surface area contributed by atoms with Gasteiger partial charge < -0.3 is 15.2 Å². The number of aromatic nitrogens is 1. The summed E-state index contributed by atoms with van der Waals surface area (Å²) in [5, 5.41) is 5.69. The Bertz CT molecular complexity index is 571. The van der Waals surface area contributed by atoms with Gasteiger partial charge in [-0.15, -0.1) is 0 Å². The first-order valence-electron chi connectivity index (χ1n) is 9.09. The summed E-state index contributed by atoms with van der Waals surface area (Å²) in [7, 11) is 2.02. The van der Waals surface area contributed by atoms with Crippen LogP contribution >= 0.6 is 0 Å². The zero-order valence-electron chi connectivity index (χ0n) is 14.5. The number of nitrogens with zero attached hydrogens (tertiary/aromatic N) is 2. The second-order valence-corrected chi connectivity index (χ2v) is 6.97. The van der Waals surface area contributed by atoms with Crippen LogP contribution in [0.15, 0.2) is 18.3 Å². The fourth-order valence-electron chi connectivity index (χ4n) is 3.89. The largest absolute Gasteiger partial charge is 0.353 e. The average molecular weight is 332 g/mol. The first kappa shape index (κ1) is 17.0. The second-order valence-electron chi connectivity index (χ2n) is 6.97. The quantitative estimate of drug-likeness (QED) is 0.800. The molecule has 6 nitrogen and oxygen atoms in total. The number of aryl methyl sites for hydroxylation is 1. The molecule has 1 saturated heterocycles. The Hall–Kier alpha value is -1.82. The summed E-state index contributed by atoms with van der Waals surface area (Å²) in [4.78, 5) is 26.6. The summed E-state index contributed by atoms with van der Waals surface area (Å²) < 4.78 is 2.09. The lowest BCUT2D eigenvalue weighted by atomic mass is 10.1. The van der Waals surface area contributed by atoms with Crippen molar-refractivity contribution in [3.63, 3.8) is 0 Å². The lowest BCUT2D eigenvalue weighted by Gasteiger charge is -2.28. The predicted molar refractivity (Wildman–Crippen MR) is 92.4 cm³/mol. The summed E-state index contributed by atoms with van der Waals surface area (Å²) in [6.07, 6.45) is 8.65. The summed E-state index contributed by atoms with van der Waals surface area (Å²) >= 11 is 0. The van der Waals surface area contributed by atoms with Gasteiger partial charge in [-0.05, 0) is 50.9 Å². The molecule has 2 heterocycles. The molecular formula is C18H28N4O2. The van der Waals surface area contributed by atoms with Crippen LogP contribution in [-0.2, 0) is 16.6 Å². The molecule has 24 heavy (non-hydrogen) atoms. The highest BCUT2D eigenvalue weighted by Crippen LogP contribution is 2.24. The molecule has 3 rings (SSSR count). The first-order chi connectivity index (χ1) is 11.6. The van der Waals surface area contributed by atoms with E-state index in [-0.39, 0.29) is 12.1 Å². The number of rotatable bonds is 5. The highest BCUT2D eigenvalue weighted by atomic mass is 16.2. The van der Waals surface area contributed by atoms with Crippen LogP contribution < -0.4 is 10.6 Å². The van der Waals surface area contributed by atoms with E-state index in [1.54, 1.807) is 0 Å². The third-order valence-electron chi connectivity index (χ3n) is 5.26. The van der Waals surface area contributed by atoms with Crippen LogP contribution in [0.2, 0.25) is 0 Å². The van der Waals surface area contributed by atoms with E-state index in [1.165, 1.54) is 18.5 Å². The summed E-state index contributed by atoms with van der Waals surface area (Å²) in [5.41, 5.74) is 1.17. The van der Waals surface area contributed by atoms with Gasteiger partial charge in [0.15, 0.2) is 0 Å². The van der Waals surface area contributed by atoms with Crippen LogP contribution in [-0.4, -0.2) is 47.0 Å². The lowest BCUT2D eigenvalue weighted by Crippen LogP contribution is -2.46. The topological polar surface area (TPSA) is 66.4 Å². The Morgan fingerprint density at radius 1 is 1.17 bits per heavy atom. The Morgan fingerprint density at radius 3 is 2.50 bits per heavy atom.